The molecule has 1 aliphatic rings. The van der Waals surface area contributed by atoms with E-state index in [-0.39, 0.29) is 5.70 Å². The maximum Gasteiger partial charge on any atom is 0.356 e. The van der Waals surface area contributed by atoms with Gasteiger partial charge in [-0.1, -0.05) is 0 Å². The highest BCUT2D eigenvalue weighted by Crippen LogP contribution is 2.04. The molecule has 1 aliphatic heterocycles. The molecule has 0 fully saturated rings. The van der Waals surface area contributed by atoms with Gasteiger partial charge in [-0.05, 0) is 0 Å². The number of aliphatic hydroxyl groups is 1. The summed E-state index contributed by atoms with van der Waals surface area (Å²) in [4.78, 5) is 10.2. The number of esters is 1. The summed E-state index contributed by atoms with van der Waals surface area (Å²) in [5.41, 5.74) is 4.97. The molecule has 1 heterocycles. The molecule has 0 radical (unpaired) electrons. The van der Waals surface area contributed by atoms with E-state index in [1.54, 1.807) is 0 Å². The first kappa shape index (κ1) is 5.11. The minimum absolute atomic E-state index is 0.0301. The first-order valence-corrected chi connectivity index (χ1v) is 2.06. The van der Waals surface area contributed by atoms with Crippen molar-refractivity contribution in [3.05, 3.63) is 11.8 Å². The van der Waals surface area contributed by atoms with Crippen molar-refractivity contribution < 1.29 is 14.6 Å². The van der Waals surface area contributed by atoms with Crippen molar-refractivity contribution in [2.45, 2.75) is 6.29 Å². The molecule has 4 nitrogen and oxygen atoms in total. The quantitative estimate of drug-likeness (QED) is 0.385. The van der Waals surface area contributed by atoms with Crippen LogP contribution in [-0.4, -0.2) is 17.4 Å². The Bertz CT molecular complexity index is 151. The largest absolute Gasteiger partial charge is 0.427 e. The third-order valence-electron chi connectivity index (χ3n) is 0.786. The second-order valence-corrected chi connectivity index (χ2v) is 1.42. The van der Waals surface area contributed by atoms with Gasteiger partial charge in [-0.3, -0.25) is 0 Å². The molecule has 0 saturated carbocycles. The fourth-order valence-corrected chi connectivity index (χ4v) is 0.433. The van der Waals surface area contributed by atoms with Crippen LogP contribution in [-0.2, 0) is 9.53 Å². The molecule has 0 aromatic rings. The fraction of sp³-hybridized carbons (Fsp3) is 0.250. The van der Waals surface area contributed by atoms with Crippen LogP contribution in [0.1, 0.15) is 0 Å². The highest BCUT2D eigenvalue weighted by molar-refractivity contribution is 5.89. The normalized spacial score (nSPS) is 27.4. The molecule has 8 heavy (non-hydrogen) atoms. The second kappa shape index (κ2) is 1.48. The van der Waals surface area contributed by atoms with Crippen molar-refractivity contribution >= 4 is 5.97 Å². The summed E-state index contributed by atoms with van der Waals surface area (Å²) in [5.74, 6) is -0.655. The Balaban J connectivity index is 2.73. The van der Waals surface area contributed by atoms with Crippen LogP contribution in [0.3, 0.4) is 0 Å². The number of carbonyl (C=O) groups excluding carboxylic acids is 1. The number of ether oxygens (including phenoxy) is 1. The molecule has 0 aromatic carbocycles. The van der Waals surface area contributed by atoms with E-state index in [1.807, 2.05) is 0 Å². The monoisotopic (exact) mass is 115 g/mol. The average Bonchev–Trinajstić information content (AvgIpc) is 1.85. The van der Waals surface area contributed by atoms with Crippen LogP contribution in [0.2, 0.25) is 0 Å². The molecular weight excluding hydrogens is 110 g/mol. The molecule has 0 bridgehead atoms. The molecule has 0 spiro atoms. The summed E-state index contributed by atoms with van der Waals surface area (Å²) in [6, 6.07) is 0. The summed E-state index contributed by atoms with van der Waals surface area (Å²) in [7, 11) is 0. The summed E-state index contributed by atoms with van der Waals surface area (Å²) in [6.07, 6.45) is 0.00463. The Labute approximate surface area is 45.5 Å². The Morgan fingerprint density at radius 1 is 1.88 bits per heavy atom. The van der Waals surface area contributed by atoms with Gasteiger partial charge in [-0.25, -0.2) is 4.79 Å². The molecule has 1 atom stereocenters. The number of cyclic esters (lactones) is 1. The van der Waals surface area contributed by atoms with Crippen molar-refractivity contribution in [3.8, 4) is 0 Å². The van der Waals surface area contributed by atoms with Gasteiger partial charge in [-0.2, -0.15) is 0 Å². The Morgan fingerprint density at radius 3 is 2.62 bits per heavy atom. The summed E-state index contributed by atoms with van der Waals surface area (Å²) >= 11 is 0. The van der Waals surface area contributed by atoms with Crippen LogP contribution >= 0.6 is 0 Å². The van der Waals surface area contributed by atoms with Crippen LogP contribution in [0, 0.1) is 0 Å². The zero-order chi connectivity index (χ0) is 6.15. The van der Waals surface area contributed by atoms with Gasteiger partial charge in [0.1, 0.15) is 5.70 Å². The van der Waals surface area contributed by atoms with Crippen LogP contribution < -0.4 is 5.73 Å². The van der Waals surface area contributed by atoms with Crippen LogP contribution in [0.4, 0.5) is 0 Å². The van der Waals surface area contributed by atoms with E-state index in [0.717, 1.165) is 6.08 Å². The Morgan fingerprint density at radius 2 is 2.50 bits per heavy atom. The molecule has 0 aliphatic carbocycles. The van der Waals surface area contributed by atoms with Gasteiger partial charge in [-0.15, -0.1) is 0 Å². The molecule has 0 aromatic heterocycles. The predicted molar refractivity (Wildman–Crippen MR) is 24.4 cm³/mol. The number of nitrogens with two attached hydrogens (primary N) is 1. The lowest BCUT2D eigenvalue weighted by Gasteiger charge is -1.94. The number of hydrogen-bond donors (Lipinski definition) is 2. The zero-order valence-electron chi connectivity index (χ0n) is 4.00. The first-order chi connectivity index (χ1) is 3.70. The highest BCUT2D eigenvalue weighted by atomic mass is 16.6. The van der Waals surface area contributed by atoms with Crippen molar-refractivity contribution in [2.75, 3.05) is 0 Å². The Kier molecular flexibility index (Phi) is 0.948. The van der Waals surface area contributed by atoms with Gasteiger partial charge < -0.3 is 15.6 Å². The number of rotatable bonds is 0. The molecule has 0 saturated heterocycles. The molecular formula is C4H5NO3. The second-order valence-electron chi connectivity index (χ2n) is 1.42. The first-order valence-electron chi connectivity index (χ1n) is 2.06. The van der Waals surface area contributed by atoms with Crippen LogP contribution in [0.25, 0.3) is 0 Å². The van der Waals surface area contributed by atoms with Gasteiger partial charge in [0, 0.05) is 6.08 Å². The Hall–Kier alpha value is -1.03. The van der Waals surface area contributed by atoms with E-state index in [2.05, 4.69) is 4.74 Å². The fourth-order valence-electron chi connectivity index (χ4n) is 0.433. The van der Waals surface area contributed by atoms with Gasteiger partial charge >= 0.3 is 5.97 Å². The van der Waals surface area contributed by atoms with Crippen molar-refractivity contribution in [3.63, 3.8) is 0 Å². The molecule has 1 unspecified atom stereocenters. The van der Waals surface area contributed by atoms with Crippen LogP contribution in [0.15, 0.2) is 11.8 Å². The standard InChI is InChI=1S/C4H5NO3/c5-2-1-3(6)8-4(2)7/h1,3,6H,5H2. The molecule has 4 heteroatoms. The van der Waals surface area contributed by atoms with Gasteiger partial charge in [0.15, 0.2) is 0 Å². The smallest absolute Gasteiger partial charge is 0.356 e. The molecule has 1 rings (SSSR count). The lowest BCUT2D eigenvalue weighted by atomic mass is 10.5. The number of aliphatic hydroxyl groups excluding tert-OH is 1. The van der Waals surface area contributed by atoms with Crippen molar-refractivity contribution in [2.24, 2.45) is 5.73 Å². The van der Waals surface area contributed by atoms with Gasteiger partial charge in [0.05, 0.1) is 0 Å². The van der Waals surface area contributed by atoms with Gasteiger partial charge in [0.2, 0.25) is 6.29 Å². The lowest BCUT2D eigenvalue weighted by Crippen LogP contribution is -2.09. The summed E-state index contributed by atoms with van der Waals surface area (Å²) in [6.45, 7) is 0. The third kappa shape index (κ3) is 0.651. The van der Waals surface area contributed by atoms with Gasteiger partial charge in [0.25, 0.3) is 0 Å². The molecule has 44 valence electrons. The van der Waals surface area contributed by atoms with E-state index in [0.29, 0.717) is 0 Å². The lowest BCUT2D eigenvalue weighted by molar-refractivity contribution is -0.151. The SMILES string of the molecule is NC1=CC(O)OC1=O. The minimum atomic E-state index is -1.14. The molecule has 0 amide bonds. The topological polar surface area (TPSA) is 72.6 Å². The average molecular weight is 115 g/mol. The molecule has 3 N–H and O–H groups in total. The van der Waals surface area contributed by atoms with Crippen LogP contribution in [0.5, 0.6) is 0 Å². The third-order valence-corrected chi connectivity index (χ3v) is 0.786. The highest BCUT2D eigenvalue weighted by Gasteiger charge is 2.19. The zero-order valence-corrected chi connectivity index (χ0v) is 4.00. The van der Waals surface area contributed by atoms with E-state index >= 15 is 0 Å². The maximum absolute atomic E-state index is 10.2. The summed E-state index contributed by atoms with van der Waals surface area (Å²) < 4.78 is 4.17. The van der Waals surface area contributed by atoms with E-state index in [9.17, 15) is 4.79 Å². The summed E-state index contributed by atoms with van der Waals surface area (Å²) in [5, 5.41) is 8.47. The predicted octanol–water partition coefficient (Wildman–Crippen LogP) is -1.30. The van der Waals surface area contributed by atoms with Crippen molar-refractivity contribution in [1.82, 2.24) is 0 Å². The van der Waals surface area contributed by atoms with Crippen molar-refractivity contribution in [1.29, 1.82) is 0 Å². The number of carbonyl (C=O) groups is 1. The maximum atomic E-state index is 10.2. The van der Waals surface area contributed by atoms with E-state index < -0.39 is 12.3 Å². The van der Waals surface area contributed by atoms with E-state index in [4.69, 9.17) is 10.8 Å². The number of hydrogen-bond acceptors (Lipinski definition) is 4. The van der Waals surface area contributed by atoms with E-state index in [1.165, 1.54) is 0 Å². The minimum Gasteiger partial charge on any atom is -0.427 e.